The smallest absolute Gasteiger partial charge is 0.148 e. The van der Waals surface area contributed by atoms with Crippen molar-refractivity contribution in [3.63, 3.8) is 0 Å². The van der Waals surface area contributed by atoms with Gasteiger partial charge in [-0.05, 0) is 141 Å². The van der Waals surface area contributed by atoms with Crippen LogP contribution < -0.4 is 4.90 Å². The van der Waals surface area contributed by atoms with Crippen LogP contribution in [0.3, 0.4) is 0 Å². The van der Waals surface area contributed by atoms with E-state index in [0.717, 1.165) is 77.7 Å². The van der Waals surface area contributed by atoms with E-state index in [2.05, 4.69) is 172 Å². The van der Waals surface area contributed by atoms with E-state index in [1.54, 1.807) is 0 Å². The van der Waals surface area contributed by atoms with Gasteiger partial charge in [-0.3, -0.25) is 0 Å². The van der Waals surface area contributed by atoms with Gasteiger partial charge in [-0.15, -0.1) is 0 Å². The highest BCUT2D eigenvalue weighted by molar-refractivity contribution is 6.29. The van der Waals surface area contributed by atoms with Crippen LogP contribution in [-0.2, 0) is 0 Å². The molecule has 4 nitrogen and oxygen atoms in total. The molecule has 57 heavy (non-hydrogen) atoms. The minimum Gasteiger partial charge on any atom is -0.310 e. The van der Waals surface area contributed by atoms with Crippen molar-refractivity contribution in [2.75, 3.05) is 4.90 Å². The molecule has 0 aliphatic heterocycles. The molecule has 9 rings (SSSR count). The summed E-state index contributed by atoms with van der Waals surface area (Å²) >= 11 is 0. The van der Waals surface area contributed by atoms with Crippen molar-refractivity contribution >= 4 is 44.2 Å². The number of aryl methyl sites for hydroxylation is 4. The van der Waals surface area contributed by atoms with Crippen LogP contribution >= 0.6 is 0 Å². The fourth-order valence-electron chi connectivity index (χ4n) is 8.67. The molecule has 0 radical (unpaired) electrons. The minimum atomic E-state index is -0.203. The van der Waals surface area contributed by atoms with Crippen LogP contribution in [0.1, 0.15) is 27.8 Å². The molecule has 4 heteroatoms. The van der Waals surface area contributed by atoms with Crippen LogP contribution in [0.5, 0.6) is 0 Å². The van der Waals surface area contributed by atoms with E-state index in [4.69, 9.17) is 0 Å². The molecule has 0 amide bonds. The van der Waals surface area contributed by atoms with Crippen LogP contribution in [0.25, 0.3) is 71.6 Å². The standard InChI is InChI=1S/C53H36N4/c1-32-16-21-38(22-17-32)57(39-23-18-33(2)19-24-39)48-27-26-45-49-43(48)14-9-15-44(49)52-51(41-13-8-6-11-35(41)4)46-28-36(47(31-56)37(29-54)30-55)20-25-42(46)50(53(45)52)40-12-7-5-10-34(40)3/h5-28H,1-4H3. The lowest BCUT2D eigenvalue weighted by Gasteiger charge is -2.27. The Morgan fingerprint density at radius 3 is 1.51 bits per heavy atom. The summed E-state index contributed by atoms with van der Waals surface area (Å²) in [6, 6.07) is 57.7. The number of nitrogens with zero attached hydrogens (tertiary/aromatic N) is 4. The Labute approximate surface area is 333 Å². The average Bonchev–Trinajstić information content (AvgIpc) is 3.56. The number of hydrogen-bond donors (Lipinski definition) is 0. The molecule has 8 aromatic carbocycles. The number of rotatable bonds is 6. The summed E-state index contributed by atoms with van der Waals surface area (Å²) in [7, 11) is 0. The molecule has 0 N–H and O–H groups in total. The Morgan fingerprint density at radius 2 is 0.965 bits per heavy atom. The van der Waals surface area contributed by atoms with E-state index in [1.807, 2.05) is 24.3 Å². The second-order valence-electron chi connectivity index (χ2n) is 14.8. The molecule has 0 bridgehead atoms. The topological polar surface area (TPSA) is 74.6 Å². The molecule has 0 aromatic heterocycles. The van der Waals surface area contributed by atoms with E-state index in [1.165, 1.54) is 27.6 Å². The van der Waals surface area contributed by atoms with Gasteiger partial charge in [-0.1, -0.05) is 120 Å². The second kappa shape index (κ2) is 13.9. The Balaban J connectivity index is 1.45. The molecule has 0 unspecified atom stereocenters. The molecule has 8 aromatic rings. The summed E-state index contributed by atoms with van der Waals surface area (Å²) in [6.07, 6.45) is 0. The summed E-state index contributed by atoms with van der Waals surface area (Å²) in [5.41, 5.74) is 17.3. The summed E-state index contributed by atoms with van der Waals surface area (Å²) in [6.45, 7) is 8.52. The monoisotopic (exact) mass is 728 g/mol. The summed E-state index contributed by atoms with van der Waals surface area (Å²) < 4.78 is 0. The van der Waals surface area contributed by atoms with Gasteiger partial charge in [0.25, 0.3) is 0 Å². The molecule has 0 heterocycles. The highest BCUT2D eigenvalue weighted by Gasteiger charge is 2.33. The van der Waals surface area contributed by atoms with Crippen molar-refractivity contribution in [2.45, 2.75) is 27.7 Å². The first-order valence-electron chi connectivity index (χ1n) is 19.0. The van der Waals surface area contributed by atoms with E-state index in [9.17, 15) is 15.8 Å². The zero-order valence-electron chi connectivity index (χ0n) is 32.1. The summed E-state index contributed by atoms with van der Waals surface area (Å²) in [5.74, 6) is 0. The predicted octanol–water partition coefficient (Wildman–Crippen LogP) is 14.0. The minimum absolute atomic E-state index is 0.0675. The lowest BCUT2D eigenvalue weighted by Crippen LogP contribution is -2.10. The van der Waals surface area contributed by atoms with E-state index >= 15 is 0 Å². The van der Waals surface area contributed by atoms with Gasteiger partial charge in [0.1, 0.15) is 23.8 Å². The third-order valence-electron chi connectivity index (χ3n) is 11.4. The van der Waals surface area contributed by atoms with Crippen molar-refractivity contribution in [1.82, 2.24) is 0 Å². The first kappa shape index (κ1) is 35.0. The highest BCUT2D eigenvalue weighted by Crippen LogP contribution is 2.59. The maximum Gasteiger partial charge on any atom is 0.148 e. The first-order valence-corrected chi connectivity index (χ1v) is 19.0. The van der Waals surface area contributed by atoms with E-state index < -0.39 is 0 Å². The van der Waals surface area contributed by atoms with Gasteiger partial charge in [-0.2, -0.15) is 15.8 Å². The molecule has 0 fully saturated rings. The number of nitriles is 3. The van der Waals surface area contributed by atoms with E-state index in [0.29, 0.717) is 5.56 Å². The van der Waals surface area contributed by atoms with Crippen LogP contribution in [0, 0.1) is 61.7 Å². The molecule has 0 atom stereocenters. The predicted molar refractivity (Wildman–Crippen MR) is 234 cm³/mol. The van der Waals surface area contributed by atoms with Crippen LogP contribution in [0.2, 0.25) is 0 Å². The highest BCUT2D eigenvalue weighted by atomic mass is 15.1. The Bertz CT molecular complexity index is 3070. The van der Waals surface area contributed by atoms with Gasteiger partial charge in [0, 0.05) is 16.8 Å². The van der Waals surface area contributed by atoms with Crippen molar-refractivity contribution in [2.24, 2.45) is 0 Å². The largest absolute Gasteiger partial charge is 0.310 e. The third-order valence-corrected chi connectivity index (χ3v) is 11.4. The maximum atomic E-state index is 10.3. The zero-order chi connectivity index (χ0) is 39.4. The van der Waals surface area contributed by atoms with E-state index in [-0.39, 0.29) is 11.1 Å². The van der Waals surface area contributed by atoms with Gasteiger partial charge < -0.3 is 4.90 Å². The van der Waals surface area contributed by atoms with Crippen LogP contribution in [0.4, 0.5) is 17.1 Å². The van der Waals surface area contributed by atoms with Gasteiger partial charge in [0.15, 0.2) is 0 Å². The van der Waals surface area contributed by atoms with Gasteiger partial charge in [-0.25, -0.2) is 0 Å². The lowest BCUT2D eigenvalue weighted by molar-refractivity contribution is 1.28. The molecule has 0 saturated carbocycles. The molecule has 0 spiro atoms. The number of hydrogen-bond acceptors (Lipinski definition) is 4. The van der Waals surface area contributed by atoms with Crippen molar-refractivity contribution < 1.29 is 0 Å². The molecule has 1 aliphatic carbocycles. The first-order chi connectivity index (χ1) is 27.8. The molecule has 0 saturated heterocycles. The molecular weight excluding hydrogens is 693 g/mol. The van der Waals surface area contributed by atoms with Gasteiger partial charge >= 0.3 is 0 Å². The number of allylic oxidation sites excluding steroid dienone is 2. The van der Waals surface area contributed by atoms with Crippen LogP contribution in [-0.4, -0.2) is 0 Å². The van der Waals surface area contributed by atoms with Crippen molar-refractivity contribution in [3.05, 3.63) is 179 Å². The van der Waals surface area contributed by atoms with Crippen molar-refractivity contribution in [3.8, 4) is 62.7 Å². The second-order valence-corrected chi connectivity index (χ2v) is 14.8. The molecule has 268 valence electrons. The summed E-state index contributed by atoms with van der Waals surface area (Å²) in [4.78, 5) is 2.36. The fraction of sp³-hybridized carbons (Fsp3) is 0.0755. The quantitative estimate of drug-likeness (QED) is 0.160. The Kier molecular flexibility index (Phi) is 8.51. The number of benzene rings is 8. The normalized spacial score (nSPS) is 11.1. The average molecular weight is 729 g/mol. The Morgan fingerprint density at radius 1 is 0.439 bits per heavy atom. The maximum absolute atomic E-state index is 10.3. The van der Waals surface area contributed by atoms with Crippen LogP contribution in [0.15, 0.2) is 151 Å². The Hall–Kier alpha value is -7.71. The van der Waals surface area contributed by atoms with Gasteiger partial charge in [0.2, 0.25) is 0 Å². The molecule has 1 aliphatic rings. The SMILES string of the molecule is Cc1ccc(N(c2ccc(C)cc2)c2ccc3c4c(cccc24)-c2c-3c(-c3ccccc3C)c3ccc(C(C#N)=C(C#N)C#N)cc3c2-c2ccccc2C)cc1. The summed E-state index contributed by atoms with van der Waals surface area (Å²) in [5, 5.41) is 34.3. The van der Waals surface area contributed by atoms with Gasteiger partial charge in [0.05, 0.1) is 11.3 Å². The fourth-order valence-corrected chi connectivity index (χ4v) is 8.67. The number of fused-ring (bicyclic) bond motifs is 4. The third kappa shape index (κ3) is 5.57. The number of anilines is 3. The lowest BCUT2D eigenvalue weighted by atomic mass is 9.80. The molecular formula is C53H36N4. The van der Waals surface area contributed by atoms with Crippen molar-refractivity contribution in [1.29, 1.82) is 15.8 Å². The zero-order valence-corrected chi connectivity index (χ0v) is 32.1.